The Morgan fingerprint density at radius 3 is 2.60 bits per heavy atom. The van der Waals surface area contributed by atoms with Gasteiger partial charge in [0.15, 0.2) is 0 Å². The number of alkyl halides is 3. The van der Waals surface area contributed by atoms with E-state index >= 15 is 0 Å². The van der Waals surface area contributed by atoms with E-state index in [9.17, 15) is 13.2 Å². The van der Waals surface area contributed by atoms with Gasteiger partial charge in [0, 0.05) is 12.5 Å². The molecule has 20 heavy (non-hydrogen) atoms. The zero-order valence-corrected chi connectivity index (χ0v) is 11.5. The van der Waals surface area contributed by atoms with Gasteiger partial charge < -0.3 is 16.3 Å². The zero-order chi connectivity index (χ0) is 15.3. The molecule has 0 aliphatic carbocycles. The third-order valence-electron chi connectivity index (χ3n) is 2.73. The number of rotatable bonds is 5. The number of amidine groups is 1. The maximum atomic E-state index is 12.5. The fraction of sp³-hybridized carbons (Fsp3) is 0.417. The second-order valence-corrected chi connectivity index (χ2v) is 4.64. The fourth-order valence-electron chi connectivity index (χ4n) is 1.62. The van der Waals surface area contributed by atoms with Gasteiger partial charge in [0.25, 0.3) is 0 Å². The molecule has 0 radical (unpaired) electrons. The summed E-state index contributed by atoms with van der Waals surface area (Å²) in [4.78, 5) is 0. The quantitative estimate of drug-likeness (QED) is 0.336. The van der Waals surface area contributed by atoms with Crippen molar-refractivity contribution in [2.24, 2.45) is 10.9 Å². The highest BCUT2D eigenvalue weighted by atomic mass is 35.5. The predicted octanol–water partition coefficient (Wildman–Crippen LogP) is 3.69. The van der Waals surface area contributed by atoms with Crippen LogP contribution < -0.4 is 11.1 Å². The number of hydrogen-bond donors (Lipinski definition) is 3. The van der Waals surface area contributed by atoms with E-state index < -0.39 is 11.7 Å². The summed E-state index contributed by atoms with van der Waals surface area (Å²) < 4.78 is 37.5. The fourth-order valence-corrected chi connectivity index (χ4v) is 1.85. The lowest BCUT2D eigenvalue weighted by Crippen LogP contribution is -2.26. The normalized spacial score (nSPS) is 14.2. The minimum atomic E-state index is -4.43. The van der Waals surface area contributed by atoms with Crippen LogP contribution >= 0.6 is 11.6 Å². The van der Waals surface area contributed by atoms with Crippen LogP contribution in [0.25, 0.3) is 0 Å². The highest BCUT2D eigenvalue weighted by Gasteiger charge is 2.31. The number of nitrogens with one attached hydrogen (secondary N) is 1. The Kier molecular flexibility index (Phi) is 5.50. The number of halogens is 4. The lowest BCUT2D eigenvalue weighted by atomic mass is 10.1. The molecule has 4 nitrogen and oxygen atoms in total. The summed E-state index contributed by atoms with van der Waals surface area (Å²) in [5.41, 5.74) is 4.97. The number of oxime groups is 1. The van der Waals surface area contributed by atoms with Crippen LogP contribution in [0.5, 0.6) is 0 Å². The highest BCUT2D eigenvalue weighted by Crippen LogP contribution is 2.34. The third kappa shape index (κ3) is 4.48. The molecule has 1 unspecified atom stereocenters. The lowest BCUT2D eigenvalue weighted by Gasteiger charge is -2.19. The van der Waals surface area contributed by atoms with Gasteiger partial charge >= 0.3 is 6.18 Å². The van der Waals surface area contributed by atoms with Gasteiger partial charge in [-0.2, -0.15) is 13.2 Å². The summed E-state index contributed by atoms with van der Waals surface area (Å²) in [5, 5.41) is 14.3. The minimum absolute atomic E-state index is 0.0298. The van der Waals surface area contributed by atoms with Crippen LogP contribution in [0.2, 0.25) is 5.02 Å². The van der Waals surface area contributed by atoms with Crippen molar-refractivity contribution in [2.45, 2.75) is 32.0 Å². The monoisotopic (exact) mass is 309 g/mol. The number of benzene rings is 1. The first-order valence-corrected chi connectivity index (χ1v) is 6.25. The molecule has 0 aliphatic heterocycles. The molecule has 1 atom stereocenters. The Bertz CT molecular complexity index is 491. The molecule has 0 saturated carbocycles. The van der Waals surface area contributed by atoms with Crippen LogP contribution in [0, 0.1) is 0 Å². The number of nitrogens with zero attached hydrogens (tertiary/aromatic N) is 1. The van der Waals surface area contributed by atoms with Gasteiger partial charge in [0.1, 0.15) is 5.84 Å². The Labute approximate surface area is 119 Å². The molecule has 0 heterocycles. The van der Waals surface area contributed by atoms with Crippen LogP contribution in [0.1, 0.15) is 25.3 Å². The summed E-state index contributed by atoms with van der Waals surface area (Å²) in [7, 11) is 0. The largest absolute Gasteiger partial charge is 0.416 e. The molecule has 1 aromatic carbocycles. The van der Waals surface area contributed by atoms with Crippen molar-refractivity contribution in [3.8, 4) is 0 Å². The Morgan fingerprint density at radius 1 is 1.50 bits per heavy atom. The second-order valence-electron chi connectivity index (χ2n) is 4.24. The molecule has 4 N–H and O–H groups in total. The van der Waals surface area contributed by atoms with Crippen LogP contribution in [-0.2, 0) is 6.18 Å². The van der Waals surface area contributed by atoms with Crippen molar-refractivity contribution in [3.63, 3.8) is 0 Å². The topological polar surface area (TPSA) is 70.6 Å². The van der Waals surface area contributed by atoms with E-state index in [4.69, 9.17) is 22.5 Å². The molecular weight excluding hydrogens is 295 g/mol. The summed E-state index contributed by atoms with van der Waals surface area (Å²) in [6.07, 6.45) is -3.54. The molecule has 112 valence electrons. The summed E-state index contributed by atoms with van der Waals surface area (Å²) in [6, 6.07) is 2.88. The lowest BCUT2D eigenvalue weighted by molar-refractivity contribution is -0.137. The number of nitrogens with two attached hydrogens (primary N) is 1. The Balaban J connectivity index is 2.87. The SMILES string of the molecule is CCC(CC(N)=NO)Nc1ccc(C(F)(F)F)cc1Cl. The minimum Gasteiger partial charge on any atom is -0.409 e. The van der Waals surface area contributed by atoms with Gasteiger partial charge in [0.05, 0.1) is 16.3 Å². The van der Waals surface area contributed by atoms with E-state index in [1.807, 2.05) is 6.92 Å². The summed E-state index contributed by atoms with van der Waals surface area (Å²) >= 11 is 5.83. The van der Waals surface area contributed by atoms with Gasteiger partial charge in [-0.05, 0) is 24.6 Å². The smallest absolute Gasteiger partial charge is 0.409 e. The highest BCUT2D eigenvalue weighted by molar-refractivity contribution is 6.33. The van der Waals surface area contributed by atoms with E-state index in [2.05, 4.69) is 10.5 Å². The standard InChI is InChI=1S/C12H15ClF3N3O/c1-2-8(6-11(17)19-20)18-10-4-3-7(5-9(10)13)12(14,15)16/h3-5,8,18,20H,2,6H2,1H3,(H2,17,19). The van der Waals surface area contributed by atoms with Crippen molar-refractivity contribution in [2.75, 3.05) is 5.32 Å². The zero-order valence-electron chi connectivity index (χ0n) is 10.7. The van der Waals surface area contributed by atoms with Gasteiger partial charge in [-0.3, -0.25) is 0 Å². The van der Waals surface area contributed by atoms with Gasteiger partial charge in [-0.1, -0.05) is 23.7 Å². The molecule has 0 bridgehead atoms. The van der Waals surface area contributed by atoms with Gasteiger partial charge in [-0.25, -0.2) is 0 Å². The van der Waals surface area contributed by atoms with Crippen molar-refractivity contribution >= 4 is 23.1 Å². The van der Waals surface area contributed by atoms with E-state index in [-0.39, 0.29) is 23.3 Å². The number of hydrogen-bond acceptors (Lipinski definition) is 3. The molecular formula is C12H15ClF3N3O. The maximum Gasteiger partial charge on any atom is 0.416 e. The van der Waals surface area contributed by atoms with Crippen molar-refractivity contribution < 1.29 is 18.4 Å². The average Bonchev–Trinajstić information content (AvgIpc) is 2.38. The van der Waals surface area contributed by atoms with Crippen molar-refractivity contribution in [3.05, 3.63) is 28.8 Å². The van der Waals surface area contributed by atoms with Gasteiger partial charge in [0.2, 0.25) is 0 Å². The van der Waals surface area contributed by atoms with E-state index in [0.717, 1.165) is 12.1 Å². The number of anilines is 1. The van der Waals surface area contributed by atoms with Gasteiger partial charge in [-0.15, -0.1) is 0 Å². The summed E-state index contributed by atoms with van der Waals surface area (Å²) in [6.45, 7) is 1.86. The molecule has 0 spiro atoms. The molecule has 1 aromatic rings. The molecule has 0 aliphatic rings. The molecule has 0 fully saturated rings. The van der Waals surface area contributed by atoms with E-state index in [1.54, 1.807) is 0 Å². The van der Waals surface area contributed by atoms with Crippen molar-refractivity contribution in [1.82, 2.24) is 0 Å². The third-order valence-corrected chi connectivity index (χ3v) is 3.05. The van der Waals surface area contributed by atoms with Crippen LogP contribution in [0.15, 0.2) is 23.4 Å². The predicted molar refractivity (Wildman–Crippen MR) is 72.2 cm³/mol. The molecule has 8 heteroatoms. The molecule has 0 aromatic heterocycles. The maximum absolute atomic E-state index is 12.5. The Hall–Kier alpha value is -1.63. The average molecular weight is 310 g/mol. The first-order valence-electron chi connectivity index (χ1n) is 5.87. The van der Waals surface area contributed by atoms with E-state index in [1.165, 1.54) is 6.07 Å². The first-order chi connectivity index (χ1) is 9.27. The molecule has 0 amide bonds. The van der Waals surface area contributed by atoms with Crippen LogP contribution in [-0.4, -0.2) is 17.1 Å². The van der Waals surface area contributed by atoms with Crippen LogP contribution in [0.3, 0.4) is 0 Å². The second kappa shape index (κ2) is 6.69. The van der Waals surface area contributed by atoms with Crippen molar-refractivity contribution in [1.29, 1.82) is 0 Å². The van der Waals surface area contributed by atoms with Crippen LogP contribution in [0.4, 0.5) is 18.9 Å². The first kappa shape index (κ1) is 16.4. The molecule has 0 saturated heterocycles. The summed E-state index contributed by atoms with van der Waals surface area (Å²) in [5.74, 6) is 0.0346. The molecule has 1 rings (SSSR count). The van der Waals surface area contributed by atoms with E-state index in [0.29, 0.717) is 12.1 Å². The Morgan fingerprint density at radius 2 is 2.15 bits per heavy atom.